The standard InChI is InChI=1S/C13H8ClNO/c14-10-6-3-7-11-12(10)8-4-1-2-5-9(8)13(16)15-11/h1-7H,(H,15,16). The van der Waals surface area contributed by atoms with E-state index < -0.39 is 0 Å². The van der Waals surface area contributed by atoms with Gasteiger partial charge >= 0.3 is 0 Å². The molecule has 3 aromatic rings. The molecule has 1 aromatic heterocycles. The zero-order valence-electron chi connectivity index (χ0n) is 8.33. The number of hydrogen-bond acceptors (Lipinski definition) is 1. The van der Waals surface area contributed by atoms with Gasteiger partial charge in [0.1, 0.15) is 0 Å². The van der Waals surface area contributed by atoms with Crippen LogP contribution >= 0.6 is 11.6 Å². The molecule has 0 spiro atoms. The molecule has 0 saturated carbocycles. The molecular formula is C13H8ClNO. The van der Waals surface area contributed by atoms with Crippen LogP contribution in [0.25, 0.3) is 21.7 Å². The second-order valence-electron chi connectivity index (χ2n) is 3.66. The number of aromatic amines is 1. The van der Waals surface area contributed by atoms with Crippen molar-refractivity contribution in [1.82, 2.24) is 4.98 Å². The lowest BCUT2D eigenvalue weighted by molar-refractivity contribution is 1.34. The van der Waals surface area contributed by atoms with Crippen molar-refractivity contribution in [3.63, 3.8) is 0 Å². The van der Waals surface area contributed by atoms with Gasteiger partial charge in [0.05, 0.1) is 10.5 Å². The summed E-state index contributed by atoms with van der Waals surface area (Å²) < 4.78 is 0. The lowest BCUT2D eigenvalue weighted by Gasteiger charge is -2.04. The topological polar surface area (TPSA) is 32.9 Å². The molecule has 78 valence electrons. The Balaban J connectivity index is 2.72. The third kappa shape index (κ3) is 1.24. The summed E-state index contributed by atoms with van der Waals surface area (Å²) in [5, 5.41) is 3.12. The Labute approximate surface area is 96.5 Å². The number of aromatic nitrogens is 1. The number of nitrogens with one attached hydrogen (secondary N) is 1. The van der Waals surface area contributed by atoms with Crippen molar-refractivity contribution in [2.75, 3.05) is 0 Å². The predicted molar refractivity (Wildman–Crippen MR) is 67.1 cm³/mol. The van der Waals surface area contributed by atoms with E-state index >= 15 is 0 Å². The van der Waals surface area contributed by atoms with E-state index in [2.05, 4.69) is 4.98 Å². The molecule has 0 bridgehead atoms. The number of benzene rings is 2. The van der Waals surface area contributed by atoms with Crippen molar-refractivity contribution in [2.24, 2.45) is 0 Å². The Hall–Kier alpha value is -1.80. The average molecular weight is 230 g/mol. The predicted octanol–water partition coefficient (Wildman–Crippen LogP) is 3.33. The second-order valence-corrected chi connectivity index (χ2v) is 4.07. The zero-order chi connectivity index (χ0) is 11.1. The fourth-order valence-corrected chi connectivity index (χ4v) is 2.27. The lowest BCUT2D eigenvalue weighted by Crippen LogP contribution is -2.06. The first-order valence-electron chi connectivity index (χ1n) is 4.96. The molecule has 1 heterocycles. The molecule has 0 atom stereocenters. The lowest BCUT2D eigenvalue weighted by atomic mass is 10.1. The quantitative estimate of drug-likeness (QED) is 0.590. The zero-order valence-corrected chi connectivity index (χ0v) is 9.08. The van der Waals surface area contributed by atoms with Crippen molar-refractivity contribution in [1.29, 1.82) is 0 Å². The summed E-state index contributed by atoms with van der Waals surface area (Å²) in [6.45, 7) is 0. The van der Waals surface area contributed by atoms with E-state index in [1.165, 1.54) is 0 Å². The molecule has 0 fully saturated rings. The van der Waals surface area contributed by atoms with Crippen molar-refractivity contribution in [3.05, 3.63) is 57.8 Å². The monoisotopic (exact) mass is 229 g/mol. The van der Waals surface area contributed by atoms with Gasteiger partial charge in [-0.2, -0.15) is 0 Å². The van der Waals surface area contributed by atoms with Crippen LogP contribution in [0.5, 0.6) is 0 Å². The van der Waals surface area contributed by atoms with Crippen LogP contribution in [0.3, 0.4) is 0 Å². The number of H-pyrrole nitrogens is 1. The maximum atomic E-state index is 11.8. The first kappa shape index (κ1) is 9.43. The molecule has 3 rings (SSSR count). The molecule has 0 aliphatic carbocycles. The molecule has 0 aliphatic heterocycles. The van der Waals surface area contributed by atoms with Crippen molar-refractivity contribution in [2.45, 2.75) is 0 Å². The summed E-state index contributed by atoms with van der Waals surface area (Å²) in [6.07, 6.45) is 0. The van der Waals surface area contributed by atoms with Crippen LogP contribution in [-0.4, -0.2) is 4.98 Å². The normalized spacial score (nSPS) is 11.1. The smallest absolute Gasteiger partial charge is 0.256 e. The van der Waals surface area contributed by atoms with E-state index in [1.54, 1.807) is 6.07 Å². The highest BCUT2D eigenvalue weighted by molar-refractivity contribution is 6.37. The first-order valence-corrected chi connectivity index (χ1v) is 5.34. The summed E-state index contributed by atoms with van der Waals surface area (Å²) in [4.78, 5) is 14.6. The van der Waals surface area contributed by atoms with Gasteiger partial charge in [0.25, 0.3) is 5.56 Å². The van der Waals surface area contributed by atoms with E-state index in [0.717, 1.165) is 16.3 Å². The largest absolute Gasteiger partial charge is 0.321 e. The highest BCUT2D eigenvalue weighted by Gasteiger charge is 2.06. The first-order chi connectivity index (χ1) is 7.77. The summed E-state index contributed by atoms with van der Waals surface area (Å²) in [6, 6.07) is 13.0. The van der Waals surface area contributed by atoms with Crippen LogP contribution in [-0.2, 0) is 0 Å². The maximum absolute atomic E-state index is 11.8. The summed E-state index contributed by atoms with van der Waals surface area (Å²) in [5.41, 5.74) is 0.696. The number of rotatable bonds is 0. The van der Waals surface area contributed by atoms with Crippen molar-refractivity contribution < 1.29 is 0 Å². The minimum absolute atomic E-state index is 0.0784. The van der Waals surface area contributed by atoms with Gasteiger partial charge in [-0.1, -0.05) is 35.9 Å². The minimum Gasteiger partial charge on any atom is -0.321 e. The second kappa shape index (κ2) is 3.35. The molecule has 0 unspecified atom stereocenters. The van der Waals surface area contributed by atoms with Gasteiger partial charge in [-0.3, -0.25) is 4.79 Å². The number of hydrogen-bond donors (Lipinski definition) is 1. The SMILES string of the molecule is O=c1[nH]c2cccc(Cl)c2c2ccccc12. The van der Waals surface area contributed by atoms with Crippen LogP contribution in [0, 0.1) is 0 Å². The fraction of sp³-hybridized carbons (Fsp3) is 0. The van der Waals surface area contributed by atoms with Crippen LogP contribution in [0.2, 0.25) is 5.02 Å². The number of fused-ring (bicyclic) bond motifs is 3. The highest BCUT2D eigenvalue weighted by atomic mass is 35.5. The number of halogens is 1. The molecule has 0 amide bonds. The van der Waals surface area contributed by atoms with E-state index in [0.29, 0.717) is 10.4 Å². The van der Waals surface area contributed by atoms with E-state index in [-0.39, 0.29) is 5.56 Å². The molecular weight excluding hydrogens is 222 g/mol. The molecule has 2 nitrogen and oxygen atoms in total. The minimum atomic E-state index is -0.0784. The molecule has 16 heavy (non-hydrogen) atoms. The van der Waals surface area contributed by atoms with Crippen LogP contribution in [0.15, 0.2) is 47.3 Å². The van der Waals surface area contributed by atoms with Gasteiger partial charge in [-0.15, -0.1) is 0 Å². The van der Waals surface area contributed by atoms with Gasteiger partial charge in [0.15, 0.2) is 0 Å². The van der Waals surface area contributed by atoms with Crippen LogP contribution in [0.1, 0.15) is 0 Å². The summed E-state index contributed by atoms with van der Waals surface area (Å²) in [5.74, 6) is 0. The Bertz CT molecular complexity index is 746. The van der Waals surface area contributed by atoms with E-state index in [9.17, 15) is 4.79 Å². The molecule has 3 heteroatoms. The van der Waals surface area contributed by atoms with Gasteiger partial charge in [-0.25, -0.2) is 0 Å². The van der Waals surface area contributed by atoms with Gasteiger partial charge < -0.3 is 4.98 Å². The van der Waals surface area contributed by atoms with Gasteiger partial charge in [0.2, 0.25) is 0 Å². The third-order valence-corrected chi connectivity index (χ3v) is 3.02. The maximum Gasteiger partial charge on any atom is 0.256 e. The Morgan fingerprint density at radius 3 is 2.50 bits per heavy atom. The third-order valence-electron chi connectivity index (χ3n) is 2.70. The Morgan fingerprint density at radius 1 is 0.938 bits per heavy atom. The molecule has 0 radical (unpaired) electrons. The van der Waals surface area contributed by atoms with E-state index in [1.807, 2.05) is 36.4 Å². The molecule has 2 aromatic carbocycles. The summed E-state index contributed by atoms with van der Waals surface area (Å²) >= 11 is 6.17. The van der Waals surface area contributed by atoms with Crippen LogP contribution in [0.4, 0.5) is 0 Å². The van der Waals surface area contributed by atoms with Crippen molar-refractivity contribution >= 4 is 33.3 Å². The molecule has 1 N–H and O–H groups in total. The fourth-order valence-electron chi connectivity index (χ4n) is 1.99. The average Bonchev–Trinajstić information content (AvgIpc) is 2.29. The Kier molecular flexibility index (Phi) is 1.98. The van der Waals surface area contributed by atoms with Crippen molar-refractivity contribution in [3.8, 4) is 0 Å². The van der Waals surface area contributed by atoms with E-state index in [4.69, 9.17) is 11.6 Å². The summed E-state index contributed by atoms with van der Waals surface area (Å²) in [7, 11) is 0. The number of pyridine rings is 1. The molecule has 0 aliphatic rings. The highest BCUT2D eigenvalue weighted by Crippen LogP contribution is 2.27. The van der Waals surface area contributed by atoms with Gasteiger partial charge in [-0.05, 0) is 23.6 Å². The molecule has 0 saturated heterocycles. The van der Waals surface area contributed by atoms with Crippen LogP contribution < -0.4 is 5.56 Å². The van der Waals surface area contributed by atoms with Gasteiger partial charge in [0, 0.05) is 10.8 Å². The Morgan fingerprint density at radius 2 is 1.69 bits per heavy atom.